The molecule has 4 rings (SSSR count). The normalized spacial score (nSPS) is 22.2. The first kappa shape index (κ1) is 21.8. The summed E-state index contributed by atoms with van der Waals surface area (Å²) < 4.78 is 7.86. The standard InChI is InChI=1S/C22H30N4O2.ClH/c1-26-14-17(11-24-26)20-12-23-13-21(20)22(27)25-18-7-5-6-16(10-18)15-28-19-8-3-2-4-9-19;/h5-7,10-11,14,19-21,23H,2-4,8-9,12-13,15H2,1H3,(H,25,27);1H/t20-,21+;/m1./s1. The molecule has 7 heteroatoms. The van der Waals surface area contributed by atoms with Crippen LogP contribution in [0.25, 0.3) is 0 Å². The lowest BCUT2D eigenvalue weighted by atomic mass is 9.90. The molecule has 1 amide bonds. The zero-order valence-electron chi connectivity index (χ0n) is 17.0. The van der Waals surface area contributed by atoms with Gasteiger partial charge in [-0.15, -0.1) is 12.4 Å². The van der Waals surface area contributed by atoms with Crippen molar-refractivity contribution < 1.29 is 9.53 Å². The molecule has 0 spiro atoms. The number of rotatable bonds is 6. The highest BCUT2D eigenvalue weighted by atomic mass is 35.5. The average molecular weight is 419 g/mol. The molecule has 1 aromatic heterocycles. The number of benzene rings is 1. The van der Waals surface area contributed by atoms with Crippen LogP contribution in [-0.2, 0) is 23.2 Å². The van der Waals surface area contributed by atoms with Crippen LogP contribution in [0.1, 0.15) is 49.1 Å². The summed E-state index contributed by atoms with van der Waals surface area (Å²) in [5, 5.41) is 10.7. The van der Waals surface area contributed by atoms with Crippen molar-refractivity contribution in [2.75, 3.05) is 18.4 Å². The summed E-state index contributed by atoms with van der Waals surface area (Å²) in [4.78, 5) is 12.9. The van der Waals surface area contributed by atoms with Crippen LogP contribution < -0.4 is 10.6 Å². The maximum Gasteiger partial charge on any atom is 0.229 e. The monoisotopic (exact) mass is 418 g/mol. The van der Waals surface area contributed by atoms with Gasteiger partial charge in [0.05, 0.1) is 24.8 Å². The maximum atomic E-state index is 12.9. The molecule has 1 aliphatic heterocycles. The molecular weight excluding hydrogens is 388 g/mol. The molecule has 0 bridgehead atoms. The average Bonchev–Trinajstić information content (AvgIpc) is 3.36. The Kier molecular flexibility index (Phi) is 7.70. The van der Waals surface area contributed by atoms with Crippen LogP contribution in [0, 0.1) is 5.92 Å². The van der Waals surface area contributed by atoms with E-state index < -0.39 is 0 Å². The van der Waals surface area contributed by atoms with Gasteiger partial charge in [-0.2, -0.15) is 5.10 Å². The molecule has 0 unspecified atom stereocenters. The van der Waals surface area contributed by atoms with Crippen molar-refractivity contribution >= 4 is 24.0 Å². The van der Waals surface area contributed by atoms with Gasteiger partial charge in [0.2, 0.25) is 5.91 Å². The molecule has 2 atom stereocenters. The Labute approximate surface area is 178 Å². The van der Waals surface area contributed by atoms with E-state index in [2.05, 4.69) is 21.8 Å². The fourth-order valence-corrected chi connectivity index (χ4v) is 4.36. The van der Waals surface area contributed by atoms with E-state index in [0.29, 0.717) is 19.3 Å². The van der Waals surface area contributed by atoms with E-state index in [-0.39, 0.29) is 30.2 Å². The molecule has 0 radical (unpaired) electrons. The van der Waals surface area contributed by atoms with Crippen molar-refractivity contribution in [1.29, 1.82) is 0 Å². The van der Waals surface area contributed by atoms with Crippen LogP contribution in [0.15, 0.2) is 36.7 Å². The first-order valence-corrected chi connectivity index (χ1v) is 10.4. The van der Waals surface area contributed by atoms with Gasteiger partial charge in [0, 0.05) is 37.9 Å². The van der Waals surface area contributed by atoms with Gasteiger partial charge in [-0.25, -0.2) is 0 Å². The fourth-order valence-electron chi connectivity index (χ4n) is 4.36. The number of nitrogens with zero attached hydrogens (tertiary/aromatic N) is 2. The van der Waals surface area contributed by atoms with Gasteiger partial charge >= 0.3 is 0 Å². The molecular formula is C22H31ClN4O2. The summed E-state index contributed by atoms with van der Waals surface area (Å²) >= 11 is 0. The first-order valence-electron chi connectivity index (χ1n) is 10.4. The highest BCUT2D eigenvalue weighted by molar-refractivity contribution is 5.93. The van der Waals surface area contributed by atoms with Gasteiger partial charge in [-0.3, -0.25) is 9.48 Å². The number of carbonyl (C=O) groups excluding carboxylic acids is 1. The van der Waals surface area contributed by atoms with Crippen LogP contribution in [0.5, 0.6) is 0 Å². The Morgan fingerprint density at radius 3 is 2.86 bits per heavy atom. The van der Waals surface area contributed by atoms with E-state index in [1.807, 2.05) is 37.6 Å². The zero-order valence-corrected chi connectivity index (χ0v) is 17.8. The summed E-state index contributed by atoms with van der Waals surface area (Å²) in [6.45, 7) is 2.10. The van der Waals surface area contributed by atoms with Crippen molar-refractivity contribution in [3.05, 3.63) is 47.8 Å². The molecule has 2 heterocycles. The molecule has 158 valence electrons. The zero-order chi connectivity index (χ0) is 19.3. The number of carbonyl (C=O) groups is 1. The number of aromatic nitrogens is 2. The number of hydrogen-bond donors (Lipinski definition) is 2. The van der Waals surface area contributed by atoms with Gasteiger partial charge in [0.15, 0.2) is 0 Å². The minimum atomic E-state index is -0.0913. The van der Waals surface area contributed by atoms with Gasteiger partial charge < -0.3 is 15.4 Å². The Morgan fingerprint density at radius 2 is 2.10 bits per heavy atom. The smallest absolute Gasteiger partial charge is 0.229 e. The summed E-state index contributed by atoms with van der Waals surface area (Å²) in [5.74, 6) is 0.127. The van der Waals surface area contributed by atoms with Crippen molar-refractivity contribution in [3.8, 4) is 0 Å². The lowest BCUT2D eigenvalue weighted by molar-refractivity contribution is -0.119. The van der Waals surface area contributed by atoms with Gasteiger partial charge in [-0.1, -0.05) is 31.4 Å². The van der Waals surface area contributed by atoms with Crippen molar-refractivity contribution in [3.63, 3.8) is 0 Å². The van der Waals surface area contributed by atoms with Crippen molar-refractivity contribution in [2.24, 2.45) is 13.0 Å². The van der Waals surface area contributed by atoms with E-state index in [1.165, 1.54) is 32.1 Å². The summed E-state index contributed by atoms with van der Waals surface area (Å²) in [6, 6.07) is 8.03. The van der Waals surface area contributed by atoms with Crippen LogP contribution in [0.3, 0.4) is 0 Å². The highest BCUT2D eigenvalue weighted by Gasteiger charge is 2.34. The third-order valence-corrected chi connectivity index (χ3v) is 5.94. The third-order valence-electron chi connectivity index (χ3n) is 5.94. The fraction of sp³-hybridized carbons (Fsp3) is 0.545. The second kappa shape index (κ2) is 10.2. The van der Waals surface area contributed by atoms with E-state index in [9.17, 15) is 4.79 Å². The third kappa shape index (κ3) is 5.59. The predicted octanol–water partition coefficient (Wildman–Crippen LogP) is 3.63. The summed E-state index contributed by atoms with van der Waals surface area (Å²) in [6.07, 6.45) is 10.5. The van der Waals surface area contributed by atoms with Gasteiger partial charge in [0.25, 0.3) is 0 Å². The summed E-state index contributed by atoms with van der Waals surface area (Å²) in [7, 11) is 1.90. The number of amides is 1. The Balaban J connectivity index is 0.00000240. The molecule has 2 aromatic rings. The van der Waals surface area contributed by atoms with Crippen LogP contribution in [-0.4, -0.2) is 34.9 Å². The quantitative estimate of drug-likeness (QED) is 0.751. The Morgan fingerprint density at radius 1 is 1.28 bits per heavy atom. The van der Waals surface area contributed by atoms with Crippen molar-refractivity contribution in [2.45, 2.75) is 50.7 Å². The molecule has 1 aromatic carbocycles. The number of hydrogen-bond acceptors (Lipinski definition) is 4. The minimum absolute atomic E-state index is 0. The highest BCUT2D eigenvalue weighted by Crippen LogP contribution is 2.29. The minimum Gasteiger partial charge on any atom is -0.374 e. The topological polar surface area (TPSA) is 68.2 Å². The molecule has 2 fully saturated rings. The molecule has 2 N–H and O–H groups in total. The molecule has 1 aliphatic carbocycles. The summed E-state index contributed by atoms with van der Waals surface area (Å²) in [5.41, 5.74) is 3.06. The molecule has 2 aliphatic rings. The molecule has 1 saturated heterocycles. The van der Waals surface area contributed by atoms with E-state index in [1.54, 1.807) is 4.68 Å². The Bertz CT molecular complexity index is 804. The lowest BCUT2D eigenvalue weighted by Gasteiger charge is -2.22. The number of anilines is 1. The second-order valence-electron chi connectivity index (χ2n) is 8.08. The first-order chi connectivity index (χ1) is 13.7. The predicted molar refractivity (Wildman–Crippen MR) is 116 cm³/mol. The number of halogens is 1. The van der Waals surface area contributed by atoms with E-state index in [4.69, 9.17) is 4.74 Å². The van der Waals surface area contributed by atoms with Crippen LogP contribution in [0.4, 0.5) is 5.69 Å². The Hall–Kier alpha value is -1.89. The number of nitrogens with one attached hydrogen (secondary N) is 2. The van der Waals surface area contributed by atoms with Crippen LogP contribution >= 0.6 is 12.4 Å². The molecule has 29 heavy (non-hydrogen) atoms. The van der Waals surface area contributed by atoms with Crippen molar-refractivity contribution in [1.82, 2.24) is 15.1 Å². The van der Waals surface area contributed by atoms with Gasteiger partial charge in [0.1, 0.15) is 0 Å². The number of ether oxygens (including phenoxy) is 1. The van der Waals surface area contributed by atoms with E-state index >= 15 is 0 Å². The maximum absolute atomic E-state index is 12.9. The SMILES string of the molecule is Cl.Cn1cc([C@H]2CNC[C@@H]2C(=O)Nc2cccc(COC3CCCCC3)c2)cn1. The number of aryl methyl sites for hydroxylation is 1. The largest absolute Gasteiger partial charge is 0.374 e. The van der Waals surface area contributed by atoms with Gasteiger partial charge in [-0.05, 0) is 36.1 Å². The van der Waals surface area contributed by atoms with E-state index in [0.717, 1.165) is 23.4 Å². The molecule has 1 saturated carbocycles. The molecule has 6 nitrogen and oxygen atoms in total. The van der Waals surface area contributed by atoms with Crippen LogP contribution in [0.2, 0.25) is 0 Å². The lowest BCUT2D eigenvalue weighted by Crippen LogP contribution is -2.28. The second-order valence-corrected chi connectivity index (χ2v) is 8.08.